The van der Waals surface area contributed by atoms with Crippen LogP contribution in [0, 0.1) is 5.92 Å². The van der Waals surface area contributed by atoms with E-state index in [1.165, 1.54) is 18.5 Å². The van der Waals surface area contributed by atoms with Crippen molar-refractivity contribution in [2.24, 2.45) is 5.92 Å². The third kappa shape index (κ3) is 4.26. The molecule has 2 fully saturated rings. The molecule has 2 aliphatic rings. The molecule has 1 N–H and O–H groups in total. The zero-order valence-electron chi connectivity index (χ0n) is 15.4. The molecule has 1 amide bonds. The molecule has 0 saturated carbocycles. The van der Waals surface area contributed by atoms with Crippen molar-refractivity contribution >= 4 is 33.3 Å². The quantitative estimate of drug-likeness (QED) is 0.788. The van der Waals surface area contributed by atoms with E-state index in [1.54, 1.807) is 6.20 Å². The molecule has 1 unspecified atom stereocenters. The van der Waals surface area contributed by atoms with E-state index in [-0.39, 0.29) is 5.91 Å². The molecule has 2 aromatic rings. The van der Waals surface area contributed by atoms with Gasteiger partial charge in [0.1, 0.15) is 5.82 Å². The Balaban J connectivity index is 1.35. The lowest BCUT2D eigenvalue weighted by molar-refractivity contribution is 0.0948. The van der Waals surface area contributed by atoms with Gasteiger partial charge in [-0.25, -0.2) is 4.98 Å². The van der Waals surface area contributed by atoms with Gasteiger partial charge in [-0.05, 0) is 55.5 Å². The van der Waals surface area contributed by atoms with Crippen LogP contribution in [-0.4, -0.2) is 43.6 Å². The van der Waals surface area contributed by atoms with Crippen molar-refractivity contribution in [2.75, 3.05) is 42.5 Å². The van der Waals surface area contributed by atoms with E-state index in [0.29, 0.717) is 18.0 Å². The largest absolute Gasteiger partial charge is 0.371 e. The fourth-order valence-corrected chi connectivity index (χ4v) is 4.38. The fraction of sp³-hybridized carbons (Fsp3) is 0.429. The van der Waals surface area contributed by atoms with E-state index in [9.17, 15) is 4.79 Å². The van der Waals surface area contributed by atoms with E-state index < -0.39 is 0 Å². The molecule has 2 saturated heterocycles. The number of halogens is 1. The summed E-state index contributed by atoms with van der Waals surface area (Å²) in [5.74, 6) is 1.29. The van der Waals surface area contributed by atoms with Gasteiger partial charge < -0.3 is 15.1 Å². The van der Waals surface area contributed by atoms with Gasteiger partial charge in [0, 0.05) is 49.1 Å². The minimum atomic E-state index is -0.00842. The van der Waals surface area contributed by atoms with Crippen molar-refractivity contribution in [3.63, 3.8) is 0 Å². The molecule has 0 radical (unpaired) electrons. The van der Waals surface area contributed by atoms with Gasteiger partial charge in [-0.2, -0.15) is 0 Å². The summed E-state index contributed by atoms with van der Waals surface area (Å²) >= 11 is 3.54. The number of rotatable bonds is 5. The molecule has 5 nitrogen and oxygen atoms in total. The summed E-state index contributed by atoms with van der Waals surface area (Å²) < 4.78 is 1.10. The maximum atomic E-state index is 12.8. The standard InChI is InChI=1S/C21H25BrN4O/c22-17-5-3-6-18(13-17)26-12-8-16(15-26)14-24-21(27)19-7-4-9-23-20(19)25-10-1-2-11-25/h3-7,9,13,16H,1-2,8,10-12,14-15H2,(H,24,27). The molecule has 3 heterocycles. The van der Waals surface area contributed by atoms with Crippen molar-refractivity contribution in [1.82, 2.24) is 10.3 Å². The number of amides is 1. The van der Waals surface area contributed by atoms with Crippen molar-refractivity contribution in [2.45, 2.75) is 19.3 Å². The van der Waals surface area contributed by atoms with Crippen LogP contribution in [0.4, 0.5) is 11.5 Å². The van der Waals surface area contributed by atoms with Crippen molar-refractivity contribution in [1.29, 1.82) is 0 Å². The van der Waals surface area contributed by atoms with Crippen LogP contribution in [-0.2, 0) is 0 Å². The summed E-state index contributed by atoms with van der Waals surface area (Å²) in [5.41, 5.74) is 1.93. The first kappa shape index (κ1) is 18.3. The number of anilines is 2. The first-order valence-electron chi connectivity index (χ1n) is 9.69. The number of hydrogen-bond acceptors (Lipinski definition) is 4. The second-order valence-electron chi connectivity index (χ2n) is 7.36. The van der Waals surface area contributed by atoms with Crippen LogP contribution in [0.2, 0.25) is 0 Å². The van der Waals surface area contributed by atoms with Gasteiger partial charge >= 0.3 is 0 Å². The lowest BCUT2D eigenvalue weighted by Gasteiger charge is -2.20. The van der Waals surface area contributed by atoms with Gasteiger partial charge in [0.2, 0.25) is 0 Å². The van der Waals surface area contributed by atoms with Gasteiger partial charge in [-0.3, -0.25) is 4.79 Å². The maximum Gasteiger partial charge on any atom is 0.255 e. The molecule has 27 heavy (non-hydrogen) atoms. The Labute approximate surface area is 168 Å². The Morgan fingerprint density at radius 2 is 2.00 bits per heavy atom. The molecule has 1 atom stereocenters. The van der Waals surface area contributed by atoms with E-state index in [2.05, 4.69) is 54.2 Å². The van der Waals surface area contributed by atoms with Crippen LogP contribution in [0.1, 0.15) is 29.6 Å². The summed E-state index contributed by atoms with van der Waals surface area (Å²) in [6.07, 6.45) is 5.21. The third-order valence-corrected chi connectivity index (χ3v) is 5.94. The third-order valence-electron chi connectivity index (χ3n) is 5.45. The van der Waals surface area contributed by atoms with Gasteiger partial charge in [0.05, 0.1) is 5.56 Å². The summed E-state index contributed by atoms with van der Waals surface area (Å²) in [6.45, 7) is 4.69. The van der Waals surface area contributed by atoms with Crippen LogP contribution in [0.25, 0.3) is 0 Å². The highest BCUT2D eigenvalue weighted by Crippen LogP contribution is 2.26. The monoisotopic (exact) mass is 428 g/mol. The number of benzene rings is 1. The van der Waals surface area contributed by atoms with Crippen LogP contribution in [0.15, 0.2) is 47.1 Å². The Hall–Kier alpha value is -2.08. The van der Waals surface area contributed by atoms with Crippen molar-refractivity contribution < 1.29 is 4.79 Å². The number of carbonyl (C=O) groups is 1. The number of pyridine rings is 1. The zero-order chi connectivity index (χ0) is 18.6. The van der Waals surface area contributed by atoms with Gasteiger partial charge in [-0.15, -0.1) is 0 Å². The van der Waals surface area contributed by atoms with E-state index in [0.717, 1.165) is 42.9 Å². The molecule has 2 aliphatic heterocycles. The van der Waals surface area contributed by atoms with Crippen molar-refractivity contribution in [3.05, 3.63) is 52.6 Å². The van der Waals surface area contributed by atoms with Crippen LogP contribution in [0.5, 0.6) is 0 Å². The Morgan fingerprint density at radius 3 is 2.81 bits per heavy atom. The molecule has 0 aliphatic carbocycles. The van der Waals surface area contributed by atoms with Crippen molar-refractivity contribution in [3.8, 4) is 0 Å². The normalized spacial score (nSPS) is 19.5. The smallest absolute Gasteiger partial charge is 0.255 e. The summed E-state index contributed by atoms with van der Waals surface area (Å²) in [7, 11) is 0. The lowest BCUT2D eigenvalue weighted by atomic mass is 10.1. The SMILES string of the molecule is O=C(NCC1CCN(c2cccc(Br)c2)C1)c1cccnc1N1CCCC1. The molecular formula is C21H25BrN4O. The maximum absolute atomic E-state index is 12.8. The number of hydrogen-bond donors (Lipinski definition) is 1. The lowest BCUT2D eigenvalue weighted by Crippen LogP contribution is -2.32. The van der Waals surface area contributed by atoms with Gasteiger partial charge in [-0.1, -0.05) is 22.0 Å². The average molecular weight is 429 g/mol. The Bertz CT molecular complexity index is 806. The average Bonchev–Trinajstić information content (AvgIpc) is 3.38. The molecule has 142 valence electrons. The summed E-state index contributed by atoms with van der Waals surface area (Å²) in [4.78, 5) is 21.9. The first-order chi connectivity index (χ1) is 13.2. The van der Waals surface area contributed by atoms with Gasteiger partial charge in [0.15, 0.2) is 0 Å². The fourth-order valence-electron chi connectivity index (χ4n) is 3.99. The second kappa shape index (κ2) is 8.30. The Morgan fingerprint density at radius 1 is 1.15 bits per heavy atom. The topological polar surface area (TPSA) is 48.5 Å². The predicted molar refractivity (Wildman–Crippen MR) is 112 cm³/mol. The second-order valence-corrected chi connectivity index (χ2v) is 8.28. The number of nitrogens with one attached hydrogen (secondary N) is 1. The van der Waals surface area contributed by atoms with E-state index in [4.69, 9.17) is 0 Å². The van der Waals surface area contributed by atoms with Crippen LogP contribution in [0.3, 0.4) is 0 Å². The van der Waals surface area contributed by atoms with E-state index >= 15 is 0 Å². The molecule has 0 spiro atoms. The first-order valence-corrected chi connectivity index (χ1v) is 10.5. The highest BCUT2D eigenvalue weighted by molar-refractivity contribution is 9.10. The zero-order valence-corrected chi connectivity index (χ0v) is 17.0. The minimum absolute atomic E-state index is 0.00842. The number of nitrogens with zero attached hydrogens (tertiary/aromatic N) is 3. The Kier molecular flexibility index (Phi) is 5.62. The highest BCUT2D eigenvalue weighted by Gasteiger charge is 2.25. The summed E-state index contributed by atoms with van der Waals surface area (Å²) in [5, 5.41) is 3.15. The highest BCUT2D eigenvalue weighted by atomic mass is 79.9. The van der Waals surface area contributed by atoms with Crippen LogP contribution >= 0.6 is 15.9 Å². The molecule has 6 heteroatoms. The number of carbonyl (C=O) groups excluding carboxylic acids is 1. The van der Waals surface area contributed by atoms with E-state index in [1.807, 2.05) is 18.2 Å². The van der Waals surface area contributed by atoms with Gasteiger partial charge in [0.25, 0.3) is 5.91 Å². The molecule has 4 rings (SSSR count). The summed E-state index contributed by atoms with van der Waals surface area (Å²) in [6, 6.07) is 12.1. The number of aromatic nitrogens is 1. The molecule has 0 bridgehead atoms. The minimum Gasteiger partial charge on any atom is -0.371 e. The molecule has 1 aromatic heterocycles. The molecule has 1 aromatic carbocycles. The molecular weight excluding hydrogens is 404 g/mol. The van der Waals surface area contributed by atoms with Crippen LogP contribution < -0.4 is 15.1 Å². The predicted octanol–water partition coefficient (Wildman–Crippen LogP) is 3.70.